The second-order valence-electron chi connectivity index (χ2n) is 5.84. The maximum Gasteiger partial charge on any atom is 0.0320 e. The number of nitrogens with zero attached hydrogens (tertiary/aromatic N) is 1. The molecule has 0 saturated carbocycles. The summed E-state index contributed by atoms with van der Waals surface area (Å²) in [5.74, 6) is 1.51. The molecule has 1 N–H and O–H groups in total. The third-order valence-corrected chi connectivity index (χ3v) is 4.45. The van der Waals surface area contributed by atoms with E-state index < -0.39 is 0 Å². The molecule has 0 radical (unpaired) electrons. The zero-order valence-corrected chi connectivity index (χ0v) is 12.1. The van der Waals surface area contributed by atoms with Crippen LogP contribution in [0.15, 0.2) is 30.3 Å². The highest BCUT2D eigenvalue weighted by Gasteiger charge is 2.35. The Labute approximate surface area is 111 Å². The lowest BCUT2D eigenvalue weighted by Crippen LogP contribution is -2.35. The lowest BCUT2D eigenvalue weighted by Gasteiger charge is -2.25. The molecule has 18 heavy (non-hydrogen) atoms. The second kappa shape index (κ2) is 5.85. The van der Waals surface area contributed by atoms with Crippen molar-refractivity contribution in [3.63, 3.8) is 0 Å². The first-order chi connectivity index (χ1) is 8.63. The van der Waals surface area contributed by atoms with Gasteiger partial charge in [0.2, 0.25) is 0 Å². The van der Waals surface area contributed by atoms with Crippen LogP contribution in [0.4, 0.5) is 0 Å². The third-order valence-electron chi connectivity index (χ3n) is 4.45. The summed E-state index contributed by atoms with van der Waals surface area (Å²) in [4.78, 5) is 2.61. The van der Waals surface area contributed by atoms with Gasteiger partial charge >= 0.3 is 0 Å². The van der Waals surface area contributed by atoms with Crippen LogP contribution in [0.1, 0.15) is 32.4 Å². The third kappa shape index (κ3) is 2.76. The number of likely N-dealkylation sites (N-methyl/N-ethyl adjacent to an activating group) is 1. The van der Waals surface area contributed by atoms with Gasteiger partial charge in [-0.1, -0.05) is 44.2 Å². The molecule has 2 nitrogen and oxygen atoms in total. The Bertz CT molecular complexity index is 361. The fourth-order valence-electron chi connectivity index (χ4n) is 3.10. The Balaban J connectivity index is 2.07. The maximum absolute atomic E-state index is 3.49. The van der Waals surface area contributed by atoms with Gasteiger partial charge in [-0.25, -0.2) is 0 Å². The minimum atomic E-state index is 0.519. The first-order valence-electron chi connectivity index (χ1n) is 7.09. The molecule has 0 unspecified atom stereocenters. The van der Waals surface area contributed by atoms with E-state index >= 15 is 0 Å². The molecule has 3 atom stereocenters. The monoisotopic (exact) mass is 246 g/mol. The topological polar surface area (TPSA) is 15.3 Å². The molecule has 1 aliphatic rings. The fourth-order valence-corrected chi connectivity index (χ4v) is 3.10. The van der Waals surface area contributed by atoms with Gasteiger partial charge in [-0.2, -0.15) is 0 Å². The summed E-state index contributed by atoms with van der Waals surface area (Å²) in [7, 11) is 2.09. The van der Waals surface area contributed by atoms with Crippen molar-refractivity contribution in [1.29, 1.82) is 0 Å². The quantitative estimate of drug-likeness (QED) is 0.879. The summed E-state index contributed by atoms with van der Waals surface area (Å²) in [6.45, 7) is 9.37. The van der Waals surface area contributed by atoms with Crippen molar-refractivity contribution in [2.75, 3.05) is 20.1 Å². The van der Waals surface area contributed by atoms with Crippen molar-refractivity contribution in [2.45, 2.75) is 32.9 Å². The van der Waals surface area contributed by atoms with Gasteiger partial charge in [-0.15, -0.1) is 0 Å². The van der Waals surface area contributed by atoms with Gasteiger partial charge in [0.05, 0.1) is 0 Å². The van der Waals surface area contributed by atoms with Gasteiger partial charge in [-0.05, 0) is 31.4 Å². The largest absolute Gasteiger partial charge is 0.315 e. The fraction of sp³-hybridized carbons (Fsp3) is 0.625. The summed E-state index contributed by atoms with van der Waals surface area (Å²) >= 11 is 0. The van der Waals surface area contributed by atoms with Crippen molar-refractivity contribution in [2.24, 2.45) is 11.8 Å². The molecule has 1 saturated heterocycles. The summed E-state index contributed by atoms with van der Waals surface area (Å²) in [5, 5.41) is 3.49. The Morgan fingerprint density at radius 3 is 2.28 bits per heavy atom. The maximum atomic E-state index is 3.49. The molecule has 0 aliphatic carbocycles. The van der Waals surface area contributed by atoms with E-state index in [9.17, 15) is 0 Å². The van der Waals surface area contributed by atoms with Crippen LogP contribution in [0.5, 0.6) is 0 Å². The number of likely N-dealkylation sites (tertiary alicyclic amines) is 1. The summed E-state index contributed by atoms with van der Waals surface area (Å²) in [5.41, 5.74) is 1.43. The summed E-state index contributed by atoms with van der Waals surface area (Å²) in [6.07, 6.45) is 0. The highest BCUT2D eigenvalue weighted by molar-refractivity contribution is 5.19. The molecule has 1 heterocycles. The molecule has 2 rings (SSSR count). The zero-order chi connectivity index (χ0) is 13.1. The number of benzene rings is 1. The average molecular weight is 246 g/mol. The molecule has 2 heteroatoms. The molecule has 0 spiro atoms. The van der Waals surface area contributed by atoms with E-state index in [1.807, 2.05) is 0 Å². The molecule has 1 fully saturated rings. The molecular formula is C16H26N2. The van der Waals surface area contributed by atoms with E-state index in [1.54, 1.807) is 0 Å². The van der Waals surface area contributed by atoms with Gasteiger partial charge in [0.25, 0.3) is 0 Å². The highest BCUT2D eigenvalue weighted by Crippen LogP contribution is 2.30. The van der Waals surface area contributed by atoms with E-state index in [2.05, 4.69) is 68.4 Å². The van der Waals surface area contributed by atoms with Gasteiger partial charge in [0.15, 0.2) is 0 Å². The van der Waals surface area contributed by atoms with Crippen molar-refractivity contribution in [3.05, 3.63) is 35.9 Å². The minimum Gasteiger partial charge on any atom is -0.315 e. The molecule has 1 aromatic rings. The van der Waals surface area contributed by atoms with Crippen molar-refractivity contribution in [3.8, 4) is 0 Å². The van der Waals surface area contributed by atoms with E-state index in [0.29, 0.717) is 12.1 Å². The lowest BCUT2D eigenvalue weighted by atomic mass is 9.91. The summed E-state index contributed by atoms with van der Waals surface area (Å²) < 4.78 is 0. The number of hydrogen-bond donors (Lipinski definition) is 1. The smallest absolute Gasteiger partial charge is 0.0320 e. The predicted octanol–water partition coefficient (Wildman–Crippen LogP) is 2.92. The lowest BCUT2D eigenvalue weighted by molar-refractivity contribution is 0.242. The van der Waals surface area contributed by atoms with E-state index in [0.717, 1.165) is 18.4 Å². The van der Waals surface area contributed by atoms with Gasteiger partial charge in [0, 0.05) is 25.2 Å². The van der Waals surface area contributed by atoms with Gasteiger partial charge in [0.1, 0.15) is 0 Å². The molecule has 100 valence electrons. The van der Waals surface area contributed by atoms with Crippen LogP contribution in [-0.4, -0.2) is 31.1 Å². The normalized spacial score (nSPS) is 26.7. The molecule has 0 aromatic heterocycles. The minimum absolute atomic E-state index is 0.519. The molecule has 1 aliphatic heterocycles. The van der Waals surface area contributed by atoms with Crippen LogP contribution in [0.25, 0.3) is 0 Å². The van der Waals surface area contributed by atoms with Gasteiger partial charge in [-0.3, -0.25) is 4.90 Å². The van der Waals surface area contributed by atoms with Crippen LogP contribution in [0, 0.1) is 11.8 Å². The second-order valence-corrected chi connectivity index (χ2v) is 5.84. The Kier molecular flexibility index (Phi) is 4.41. The van der Waals surface area contributed by atoms with Crippen molar-refractivity contribution >= 4 is 0 Å². The van der Waals surface area contributed by atoms with Crippen LogP contribution in [0.3, 0.4) is 0 Å². The van der Waals surface area contributed by atoms with Gasteiger partial charge < -0.3 is 5.32 Å². The van der Waals surface area contributed by atoms with Crippen molar-refractivity contribution < 1.29 is 0 Å². The predicted molar refractivity (Wildman–Crippen MR) is 77.6 cm³/mol. The van der Waals surface area contributed by atoms with Crippen LogP contribution >= 0.6 is 0 Å². The zero-order valence-electron chi connectivity index (χ0n) is 12.1. The number of hydrogen-bond acceptors (Lipinski definition) is 2. The van der Waals surface area contributed by atoms with Crippen LogP contribution < -0.4 is 5.32 Å². The van der Waals surface area contributed by atoms with Crippen molar-refractivity contribution in [1.82, 2.24) is 10.2 Å². The standard InChI is InChI=1S/C16H26N2/c1-12(2)15-10-18(11-16(15)17-4)13(3)14-8-6-5-7-9-14/h5-9,12-13,15-17H,10-11H2,1-4H3/t13-,15-,16-/m1/s1. The highest BCUT2D eigenvalue weighted by atomic mass is 15.2. The molecular weight excluding hydrogens is 220 g/mol. The number of rotatable bonds is 4. The Morgan fingerprint density at radius 1 is 1.11 bits per heavy atom. The van der Waals surface area contributed by atoms with E-state index in [-0.39, 0.29) is 0 Å². The first kappa shape index (κ1) is 13.6. The van der Waals surface area contributed by atoms with Crippen LogP contribution in [0.2, 0.25) is 0 Å². The van der Waals surface area contributed by atoms with Crippen LogP contribution in [-0.2, 0) is 0 Å². The first-order valence-corrected chi connectivity index (χ1v) is 7.09. The average Bonchev–Trinajstić information content (AvgIpc) is 2.83. The number of nitrogens with one attached hydrogen (secondary N) is 1. The molecule has 0 amide bonds. The molecule has 0 bridgehead atoms. The Morgan fingerprint density at radius 2 is 1.78 bits per heavy atom. The molecule has 1 aromatic carbocycles. The SMILES string of the molecule is CN[C@@H]1CN([C@H](C)c2ccccc2)C[C@@H]1C(C)C. The summed E-state index contributed by atoms with van der Waals surface area (Å²) in [6, 6.07) is 12.0. The Hall–Kier alpha value is -0.860. The van der Waals surface area contributed by atoms with E-state index in [1.165, 1.54) is 12.1 Å². The van der Waals surface area contributed by atoms with E-state index in [4.69, 9.17) is 0 Å².